The molecule has 2 atom stereocenters. The molecule has 20 heavy (non-hydrogen) atoms. The third kappa shape index (κ3) is 2.75. The number of piperidine rings is 1. The Kier molecular flexibility index (Phi) is 4.10. The van der Waals surface area contributed by atoms with Crippen molar-refractivity contribution in [1.82, 2.24) is 10.1 Å². The highest BCUT2D eigenvalue weighted by atomic mass is 16.5. The monoisotopic (exact) mass is 280 g/mol. The number of aromatic nitrogens is 1. The first kappa shape index (κ1) is 14.0. The van der Waals surface area contributed by atoms with Gasteiger partial charge in [-0.3, -0.25) is 4.90 Å². The molecule has 112 valence electrons. The molecule has 3 heterocycles. The van der Waals surface area contributed by atoms with Crippen molar-refractivity contribution in [2.75, 3.05) is 33.4 Å². The number of nitrogens with zero attached hydrogens (tertiary/aromatic N) is 2. The standard InChI is InChI=1S/C15H24N2O3/c1-12-8-13(16-20-12)9-17-6-4-14-15(10-17,11-18-2)5-3-7-19-14/h8,14H,3-7,9-11H2,1-2H3/t14-,15+/m0/s1. The van der Waals surface area contributed by atoms with E-state index in [4.69, 9.17) is 14.0 Å². The summed E-state index contributed by atoms with van der Waals surface area (Å²) in [5.41, 5.74) is 1.18. The van der Waals surface area contributed by atoms with Gasteiger partial charge in [0.15, 0.2) is 0 Å². The van der Waals surface area contributed by atoms with Crippen molar-refractivity contribution >= 4 is 0 Å². The first-order chi connectivity index (χ1) is 9.72. The van der Waals surface area contributed by atoms with E-state index in [1.54, 1.807) is 7.11 Å². The second kappa shape index (κ2) is 5.84. The summed E-state index contributed by atoms with van der Waals surface area (Å²) in [6, 6.07) is 2.02. The Labute approximate surface area is 120 Å². The maximum atomic E-state index is 6.00. The largest absolute Gasteiger partial charge is 0.384 e. The average molecular weight is 280 g/mol. The maximum absolute atomic E-state index is 6.00. The zero-order chi connectivity index (χ0) is 14.0. The van der Waals surface area contributed by atoms with Crippen LogP contribution in [0.2, 0.25) is 0 Å². The van der Waals surface area contributed by atoms with Gasteiger partial charge in [0.05, 0.1) is 18.4 Å². The summed E-state index contributed by atoms with van der Waals surface area (Å²) in [4.78, 5) is 2.46. The fourth-order valence-electron chi connectivity index (χ4n) is 3.74. The molecule has 2 fully saturated rings. The molecule has 5 heteroatoms. The summed E-state index contributed by atoms with van der Waals surface area (Å²) in [6.07, 6.45) is 3.77. The Morgan fingerprint density at radius 1 is 1.55 bits per heavy atom. The molecule has 0 unspecified atom stereocenters. The molecule has 0 bridgehead atoms. The van der Waals surface area contributed by atoms with Crippen molar-refractivity contribution in [2.24, 2.45) is 5.41 Å². The van der Waals surface area contributed by atoms with Gasteiger partial charge in [-0.05, 0) is 26.2 Å². The molecular weight excluding hydrogens is 256 g/mol. The molecule has 1 aromatic heterocycles. The zero-order valence-corrected chi connectivity index (χ0v) is 12.4. The third-order valence-corrected chi connectivity index (χ3v) is 4.56. The number of fused-ring (bicyclic) bond motifs is 1. The van der Waals surface area contributed by atoms with Crippen LogP contribution in [0.25, 0.3) is 0 Å². The van der Waals surface area contributed by atoms with Gasteiger partial charge in [-0.25, -0.2) is 0 Å². The molecule has 0 aliphatic carbocycles. The van der Waals surface area contributed by atoms with Crippen molar-refractivity contribution in [3.63, 3.8) is 0 Å². The highest BCUT2D eigenvalue weighted by molar-refractivity contribution is 5.05. The summed E-state index contributed by atoms with van der Waals surface area (Å²) < 4.78 is 16.7. The third-order valence-electron chi connectivity index (χ3n) is 4.56. The van der Waals surface area contributed by atoms with Crippen LogP contribution < -0.4 is 0 Å². The van der Waals surface area contributed by atoms with Gasteiger partial charge in [0, 0.05) is 44.8 Å². The highest BCUT2D eigenvalue weighted by Gasteiger charge is 2.45. The van der Waals surface area contributed by atoms with Crippen LogP contribution in [-0.2, 0) is 16.0 Å². The van der Waals surface area contributed by atoms with Crippen molar-refractivity contribution in [3.8, 4) is 0 Å². The molecule has 2 aliphatic rings. The number of rotatable bonds is 4. The lowest BCUT2D eigenvalue weighted by Crippen LogP contribution is -2.56. The van der Waals surface area contributed by atoms with E-state index in [0.29, 0.717) is 6.10 Å². The van der Waals surface area contributed by atoms with Crippen molar-refractivity contribution in [2.45, 2.75) is 38.8 Å². The van der Waals surface area contributed by atoms with Crippen molar-refractivity contribution in [3.05, 3.63) is 17.5 Å². The quantitative estimate of drug-likeness (QED) is 0.844. The Morgan fingerprint density at radius 3 is 3.20 bits per heavy atom. The normalized spacial score (nSPS) is 31.2. The van der Waals surface area contributed by atoms with Crippen LogP contribution in [0.3, 0.4) is 0 Å². The molecule has 0 radical (unpaired) electrons. The number of hydrogen-bond acceptors (Lipinski definition) is 5. The van der Waals surface area contributed by atoms with Crippen LogP contribution in [0, 0.1) is 12.3 Å². The Balaban J connectivity index is 1.69. The molecule has 2 saturated heterocycles. The molecule has 1 aromatic rings. The Bertz CT molecular complexity index is 444. The van der Waals surface area contributed by atoms with E-state index in [9.17, 15) is 0 Å². The minimum Gasteiger partial charge on any atom is -0.384 e. The summed E-state index contributed by atoms with van der Waals surface area (Å²) in [7, 11) is 1.79. The summed E-state index contributed by atoms with van der Waals surface area (Å²) in [6.45, 7) is 6.56. The molecule has 5 nitrogen and oxygen atoms in total. The van der Waals surface area contributed by atoms with Gasteiger partial charge < -0.3 is 14.0 Å². The van der Waals surface area contributed by atoms with Crippen LogP contribution in [0.1, 0.15) is 30.7 Å². The first-order valence-corrected chi connectivity index (χ1v) is 7.47. The molecule has 0 amide bonds. The van der Waals surface area contributed by atoms with E-state index in [0.717, 1.165) is 57.1 Å². The number of methoxy groups -OCH3 is 1. The number of hydrogen-bond donors (Lipinski definition) is 0. The topological polar surface area (TPSA) is 47.7 Å². The smallest absolute Gasteiger partial charge is 0.133 e. The minimum absolute atomic E-state index is 0.157. The zero-order valence-electron chi connectivity index (χ0n) is 12.4. The van der Waals surface area contributed by atoms with E-state index in [2.05, 4.69) is 10.1 Å². The van der Waals surface area contributed by atoms with Crippen LogP contribution in [0.5, 0.6) is 0 Å². The minimum atomic E-state index is 0.157. The van der Waals surface area contributed by atoms with Crippen LogP contribution >= 0.6 is 0 Å². The van der Waals surface area contributed by atoms with Gasteiger partial charge in [-0.2, -0.15) is 0 Å². The highest BCUT2D eigenvalue weighted by Crippen LogP contribution is 2.40. The molecule has 0 saturated carbocycles. The van der Waals surface area contributed by atoms with E-state index < -0.39 is 0 Å². The van der Waals surface area contributed by atoms with Crippen LogP contribution in [-0.4, -0.2) is 49.6 Å². The predicted molar refractivity (Wildman–Crippen MR) is 74.4 cm³/mol. The van der Waals surface area contributed by atoms with E-state index in [1.807, 2.05) is 13.0 Å². The fraction of sp³-hybridized carbons (Fsp3) is 0.800. The lowest BCUT2D eigenvalue weighted by Gasteiger charge is -2.50. The molecule has 0 aromatic carbocycles. The predicted octanol–water partition coefficient (Wildman–Crippen LogP) is 2.00. The summed E-state index contributed by atoms with van der Waals surface area (Å²) in [5, 5.41) is 4.10. The molecule has 2 aliphatic heterocycles. The van der Waals surface area contributed by atoms with E-state index in [1.165, 1.54) is 6.42 Å². The molecule has 0 spiro atoms. The molecular formula is C15H24N2O3. The molecule has 0 N–H and O–H groups in total. The number of ether oxygens (including phenoxy) is 2. The van der Waals surface area contributed by atoms with Gasteiger partial charge in [0.25, 0.3) is 0 Å². The second-order valence-corrected chi connectivity index (χ2v) is 6.19. The number of aryl methyl sites for hydroxylation is 1. The molecule has 3 rings (SSSR count). The van der Waals surface area contributed by atoms with Crippen LogP contribution in [0.4, 0.5) is 0 Å². The fourth-order valence-corrected chi connectivity index (χ4v) is 3.74. The Hall–Kier alpha value is -0.910. The van der Waals surface area contributed by atoms with Gasteiger partial charge in [0.1, 0.15) is 5.76 Å². The van der Waals surface area contributed by atoms with Gasteiger partial charge in [-0.1, -0.05) is 5.16 Å². The van der Waals surface area contributed by atoms with Crippen LogP contribution in [0.15, 0.2) is 10.6 Å². The van der Waals surface area contributed by atoms with E-state index in [-0.39, 0.29) is 5.41 Å². The lowest BCUT2D eigenvalue weighted by atomic mass is 9.73. The maximum Gasteiger partial charge on any atom is 0.133 e. The summed E-state index contributed by atoms with van der Waals surface area (Å²) >= 11 is 0. The second-order valence-electron chi connectivity index (χ2n) is 6.19. The van der Waals surface area contributed by atoms with E-state index >= 15 is 0 Å². The van der Waals surface area contributed by atoms with Gasteiger partial charge in [0.2, 0.25) is 0 Å². The lowest BCUT2D eigenvalue weighted by molar-refractivity contribution is -0.149. The summed E-state index contributed by atoms with van der Waals surface area (Å²) in [5.74, 6) is 0.877. The average Bonchev–Trinajstić information content (AvgIpc) is 2.84. The Morgan fingerprint density at radius 2 is 2.45 bits per heavy atom. The van der Waals surface area contributed by atoms with Gasteiger partial charge >= 0.3 is 0 Å². The van der Waals surface area contributed by atoms with Gasteiger partial charge in [-0.15, -0.1) is 0 Å². The van der Waals surface area contributed by atoms with Crippen molar-refractivity contribution < 1.29 is 14.0 Å². The number of likely N-dealkylation sites (tertiary alicyclic amines) is 1. The first-order valence-electron chi connectivity index (χ1n) is 7.47. The van der Waals surface area contributed by atoms with Crippen molar-refractivity contribution in [1.29, 1.82) is 0 Å². The SMILES string of the molecule is COC[C@]12CCCO[C@H]1CCN(Cc1cc(C)on1)C2.